The predicted octanol–water partition coefficient (Wildman–Crippen LogP) is 5.12. The molecule has 0 spiro atoms. The van der Waals surface area contributed by atoms with Crippen molar-refractivity contribution in [2.75, 3.05) is 7.11 Å². The van der Waals surface area contributed by atoms with Gasteiger partial charge < -0.3 is 9.15 Å². The third-order valence-corrected chi connectivity index (χ3v) is 4.44. The van der Waals surface area contributed by atoms with E-state index >= 15 is 0 Å². The van der Waals surface area contributed by atoms with Gasteiger partial charge in [-0.3, -0.25) is 9.78 Å². The SMILES string of the molecule is COc1ccc(CCCCCCC(=O)c2ncc(-c3ccccn3)o2)cc1. The van der Waals surface area contributed by atoms with E-state index in [9.17, 15) is 4.79 Å². The molecule has 0 saturated heterocycles. The van der Waals surface area contributed by atoms with Crippen LogP contribution in [0.2, 0.25) is 0 Å². The van der Waals surface area contributed by atoms with Gasteiger partial charge in [-0.1, -0.05) is 31.0 Å². The van der Waals surface area contributed by atoms with E-state index in [2.05, 4.69) is 22.1 Å². The Morgan fingerprint density at radius 3 is 2.56 bits per heavy atom. The number of carbonyl (C=O) groups is 1. The number of carbonyl (C=O) groups excluding carboxylic acids is 1. The lowest BCUT2D eigenvalue weighted by molar-refractivity contribution is 0.0946. The number of aryl methyl sites for hydroxylation is 1. The summed E-state index contributed by atoms with van der Waals surface area (Å²) in [5, 5.41) is 0. The van der Waals surface area contributed by atoms with E-state index in [1.807, 2.05) is 30.3 Å². The van der Waals surface area contributed by atoms with E-state index in [1.54, 1.807) is 19.5 Å². The molecule has 0 saturated carbocycles. The Hall–Kier alpha value is -2.95. The molecule has 0 N–H and O–H groups in total. The molecule has 0 bridgehead atoms. The third kappa shape index (κ3) is 5.51. The van der Waals surface area contributed by atoms with Crippen molar-refractivity contribution in [3.63, 3.8) is 0 Å². The highest BCUT2D eigenvalue weighted by atomic mass is 16.5. The summed E-state index contributed by atoms with van der Waals surface area (Å²) in [6, 6.07) is 13.7. The van der Waals surface area contributed by atoms with Crippen LogP contribution in [0.3, 0.4) is 0 Å². The maximum absolute atomic E-state index is 12.2. The Kier molecular flexibility index (Phi) is 6.74. The molecule has 0 fully saturated rings. The van der Waals surface area contributed by atoms with Crippen LogP contribution in [0.25, 0.3) is 11.5 Å². The molecule has 0 aliphatic rings. The summed E-state index contributed by atoms with van der Waals surface area (Å²) in [5.41, 5.74) is 2.00. The molecule has 0 aliphatic heterocycles. The van der Waals surface area contributed by atoms with Gasteiger partial charge in [0.1, 0.15) is 11.4 Å². The fourth-order valence-corrected chi connectivity index (χ4v) is 2.90. The molecular weight excluding hydrogens is 340 g/mol. The van der Waals surface area contributed by atoms with Crippen molar-refractivity contribution < 1.29 is 13.9 Å². The molecule has 27 heavy (non-hydrogen) atoms. The molecular formula is C22H24N2O3. The number of pyridine rings is 1. The second kappa shape index (κ2) is 9.67. The van der Waals surface area contributed by atoms with Crippen molar-refractivity contribution in [3.8, 4) is 17.2 Å². The first-order chi connectivity index (χ1) is 13.3. The summed E-state index contributed by atoms with van der Waals surface area (Å²) in [5.74, 6) is 1.54. The summed E-state index contributed by atoms with van der Waals surface area (Å²) in [4.78, 5) is 20.5. The standard InChI is InChI=1S/C22H24N2O3/c1-26-18-13-11-17(12-14-18)8-4-2-3-5-10-20(25)22-24-16-21(27-22)19-9-6-7-15-23-19/h6-7,9,11-16H,2-5,8,10H2,1H3. The van der Waals surface area contributed by atoms with Crippen LogP contribution in [0.15, 0.2) is 59.3 Å². The molecule has 5 heteroatoms. The fourth-order valence-electron chi connectivity index (χ4n) is 2.90. The molecule has 2 aromatic heterocycles. The normalized spacial score (nSPS) is 10.7. The highest BCUT2D eigenvalue weighted by Crippen LogP contribution is 2.19. The molecule has 140 valence electrons. The Morgan fingerprint density at radius 1 is 1.00 bits per heavy atom. The second-order valence-electron chi connectivity index (χ2n) is 6.43. The topological polar surface area (TPSA) is 65.2 Å². The number of nitrogens with zero attached hydrogens (tertiary/aromatic N) is 2. The molecule has 3 aromatic rings. The van der Waals surface area contributed by atoms with Crippen LogP contribution in [0.5, 0.6) is 5.75 Å². The number of ketones is 1. The summed E-state index contributed by atoms with van der Waals surface area (Å²) in [6.45, 7) is 0. The van der Waals surface area contributed by atoms with Crippen LogP contribution in [-0.2, 0) is 6.42 Å². The minimum atomic E-state index is -0.0488. The van der Waals surface area contributed by atoms with Crippen molar-refractivity contribution >= 4 is 5.78 Å². The van der Waals surface area contributed by atoms with Crippen molar-refractivity contribution in [2.24, 2.45) is 0 Å². The zero-order valence-corrected chi connectivity index (χ0v) is 15.6. The number of Topliss-reactive ketones (excluding diaryl/α,β-unsaturated/α-hetero) is 1. The number of ether oxygens (including phenoxy) is 1. The van der Waals surface area contributed by atoms with Crippen molar-refractivity contribution in [1.82, 2.24) is 9.97 Å². The molecule has 0 atom stereocenters. The third-order valence-electron chi connectivity index (χ3n) is 4.44. The van der Waals surface area contributed by atoms with E-state index in [-0.39, 0.29) is 11.7 Å². The number of hydrogen-bond acceptors (Lipinski definition) is 5. The van der Waals surface area contributed by atoms with Gasteiger partial charge in [-0.25, -0.2) is 4.98 Å². The maximum atomic E-state index is 12.2. The molecule has 0 amide bonds. The zero-order chi connectivity index (χ0) is 18.9. The van der Waals surface area contributed by atoms with E-state index in [1.165, 1.54) is 5.56 Å². The molecule has 3 rings (SSSR count). The van der Waals surface area contributed by atoms with Crippen LogP contribution in [0, 0.1) is 0 Å². The Balaban J connectivity index is 1.35. The minimum Gasteiger partial charge on any atom is -0.497 e. The van der Waals surface area contributed by atoms with Gasteiger partial charge in [0.05, 0.1) is 13.3 Å². The van der Waals surface area contributed by atoms with Crippen molar-refractivity contribution in [2.45, 2.75) is 38.5 Å². The number of benzene rings is 1. The van der Waals surface area contributed by atoms with Gasteiger partial charge in [-0.05, 0) is 49.1 Å². The number of aromatic nitrogens is 2. The summed E-state index contributed by atoms with van der Waals surface area (Å²) in [7, 11) is 1.67. The fraction of sp³-hybridized carbons (Fsp3) is 0.318. The van der Waals surface area contributed by atoms with Crippen LogP contribution < -0.4 is 4.74 Å². The molecule has 5 nitrogen and oxygen atoms in total. The van der Waals surface area contributed by atoms with Gasteiger partial charge in [-0.2, -0.15) is 0 Å². The zero-order valence-electron chi connectivity index (χ0n) is 15.6. The number of unbranched alkanes of at least 4 members (excludes halogenated alkanes) is 3. The number of methoxy groups -OCH3 is 1. The van der Waals surface area contributed by atoms with E-state index in [4.69, 9.17) is 9.15 Å². The highest BCUT2D eigenvalue weighted by molar-refractivity contribution is 5.91. The van der Waals surface area contributed by atoms with Crippen LogP contribution in [0.1, 0.15) is 48.4 Å². The largest absolute Gasteiger partial charge is 0.497 e. The van der Waals surface area contributed by atoms with Crippen LogP contribution in [-0.4, -0.2) is 22.9 Å². The lowest BCUT2D eigenvalue weighted by atomic mass is 10.0. The lowest BCUT2D eigenvalue weighted by Gasteiger charge is -2.03. The van der Waals surface area contributed by atoms with Gasteiger partial charge in [-0.15, -0.1) is 0 Å². The monoisotopic (exact) mass is 364 g/mol. The van der Waals surface area contributed by atoms with Crippen LogP contribution in [0.4, 0.5) is 0 Å². The summed E-state index contributed by atoms with van der Waals surface area (Å²) < 4.78 is 10.7. The van der Waals surface area contributed by atoms with Crippen LogP contribution >= 0.6 is 0 Å². The predicted molar refractivity (Wildman–Crippen MR) is 104 cm³/mol. The number of hydrogen-bond donors (Lipinski definition) is 0. The summed E-state index contributed by atoms with van der Waals surface area (Å²) >= 11 is 0. The molecule has 0 radical (unpaired) electrons. The summed E-state index contributed by atoms with van der Waals surface area (Å²) in [6.07, 6.45) is 8.84. The van der Waals surface area contributed by atoms with Crippen molar-refractivity contribution in [3.05, 3.63) is 66.3 Å². The average Bonchev–Trinajstić information content (AvgIpc) is 3.22. The highest BCUT2D eigenvalue weighted by Gasteiger charge is 2.14. The van der Waals surface area contributed by atoms with Gasteiger partial charge in [0, 0.05) is 12.6 Å². The van der Waals surface area contributed by atoms with Gasteiger partial charge >= 0.3 is 0 Å². The molecule has 2 heterocycles. The first-order valence-electron chi connectivity index (χ1n) is 9.29. The minimum absolute atomic E-state index is 0.0488. The van der Waals surface area contributed by atoms with Crippen molar-refractivity contribution in [1.29, 1.82) is 0 Å². The molecule has 0 unspecified atom stereocenters. The second-order valence-corrected chi connectivity index (χ2v) is 6.43. The van der Waals surface area contributed by atoms with E-state index in [0.717, 1.165) is 37.9 Å². The smallest absolute Gasteiger partial charge is 0.263 e. The van der Waals surface area contributed by atoms with Gasteiger partial charge in [0.15, 0.2) is 5.76 Å². The number of rotatable bonds is 10. The average molecular weight is 364 g/mol. The first-order valence-corrected chi connectivity index (χ1v) is 9.29. The quantitative estimate of drug-likeness (QED) is 0.369. The van der Waals surface area contributed by atoms with Gasteiger partial charge in [0.25, 0.3) is 5.89 Å². The molecule has 1 aromatic carbocycles. The Bertz CT molecular complexity index is 842. The molecule has 0 aliphatic carbocycles. The number of oxazole rings is 1. The first kappa shape index (κ1) is 18.8. The maximum Gasteiger partial charge on any atom is 0.263 e. The Morgan fingerprint density at radius 2 is 1.81 bits per heavy atom. The van der Waals surface area contributed by atoms with E-state index < -0.39 is 0 Å². The lowest BCUT2D eigenvalue weighted by Crippen LogP contribution is -1.99. The Labute approximate surface area is 159 Å². The van der Waals surface area contributed by atoms with E-state index in [0.29, 0.717) is 17.9 Å². The van der Waals surface area contributed by atoms with Gasteiger partial charge in [0.2, 0.25) is 5.78 Å².